The third-order valence-corrected chi connectivity index (χ3v) is 7.07. The number of aromatic nitrogens is 3. The van der Waals surface area contributed by atoms with E-state index < -0.39 is 11.9 Å². The van der Waals surface area contributed by atoms with E-state index in [1.165, 1.54) is 35.2 Å². The fraction of sp³-hybridized carbons (Fsp3) is 0.308. The number of hydrogen-bond acceptors (Lipinski definition) is 4. The van der Waals surface area contributed by atoms with E-state index in [4.69, 9.17) is 4.74 Å². The minimum absolute atomic E-state index is 0.00560. The van der Waals surface area contributed by atoms with E-state index in [0.717, 1.165) is 36.3 Å². The number of ether oxygens (including phenoxy) is 1. The number of hydrogen-bond donors (Lipinski definition) is 1. The minimum Gasteiger partial charge on any atom is -0.489 e. The Morgan fingerprint density at radius 2 is 2.00 bits per heavy atom. The van der Waals surface area contributed by atoms with Crippen LogP contribution in [0.25, 0.3) is 16.6 Å². The highest BCUT2D eigenvalue weighted by Gasteiger charge is 2.35. The quantitative estimate of drug-likeness (QED) is 0.461. The topological polar surface area (TPSA) is 61.1 Å². The fourth-order valence-electron chi connectivity index (χ4n) is 5.34. The summed E-state index contributed by atoms with van der Waals surface area (Å²) in [5, 5.41) is 4.93. The van der Waals surface area contributed by atoms with Gasteiger partial charge in [-0.05, 0) is 42.7 Å². The number of pyridine rings is 2. The first-order chi connectivity index (χ1) is 16.8. The summed E-state index contributed by atoms with van der Waals surface area (Å²) < 4.78 is 47.4. The highest BCUT2D eigenvalue weighted by atomic mass is 19.4. The molecule has 6 nitrogen and oxygen atoms in total. The van der Waals surface area contributed by atoms with Gasteiger partial charge in [-0.3, -0.25) is 14.3 Å². The van der Waals surface area contributed by atoms with Gasteiger partial charge in [0.05, 0.1) is 11.2 Å². The van der Waals surface area contributed by atoms with Crippen molar-refractivity contribution in [2.45, 2.75) is 44.1 Å². The van der Waals surface area contributed by atoms with Gasteiger partial charge in [0.25, 0.3) is 5.56 Å². The van der Waals surface area contributed by atoms with Gasteiger partial charge in [-0.15, -0.1) is 0 Å². The molecule has 2 bridgehead atoms. The zero-order valence-corrected chi connectivity index (χ0v) is 19.0. The van der Waals surface area contributed by atoms with Crippen molar-refractivity contribution in [3.8, 4) is 11.4 Å². The SMILES string of the molecule is Cn1c2c(c3ccc(-n4ccc(OCc5ccc(C(F)(F)F)nc5)cc4=O)cc31)C1CCC(C2)N1. The fourth-order valence-corrected chi connectivity index (χ4v) is 5.34. The molecule has 1 fully saturated rings. The molecule has 1 saturated heterocycles. The Kier molecular flexibility index (Phi) is 5.00. The summed E-state index contributed by atoms with van der Waals surface area (Å²) in [5.41, 5.74) is 3.88. The Hall–Kier alpha value is -3.59. The highest BCUT2D eigenvalue weighted by molar-refractivity contribution is 5.88. The molecule has 35 heavy (non-hydrogen) atoms. The average Bonchev–Trinajstić information content (AvgIpc) is 3.35. The van der Waals surface area contributed by atoms with Crippen molar-refractivity contribution < 1.29 is 17.9 Å². The molecule has 2 aliphatic heterocycles. The molecule has 6 rings (SSSR count). The summed E-state index contributed by atoms with van der Waals surface area (Å²) in [6.07, 6.45) is 1.67. The number of nitrogens with one attached hydrogen (secondary N) is 1. The number of benzene rings is 1. The Balaban J connectivity index is 1.24. The molecule has 1 aromatic carbocycles. The smallest absolute Gasteiger partial charge is 0.433 e. The first kappa shape index (κ1) is 21.9. The van der Waals surface area contributed by atoms with Gasteiger partial charge in [-0.25, -0.2) is 0 Å². The summed E-state index contributed by atoms with van der Waals surface area (Å²) in [4.78, 5) is 16.3. The number of alkyl halides is 3. The van der Waals surface area contributed by atoms with Crippen LogP contribution in [0.5, 0.6) is 5.75 Å². The van der Waals surface area contributed by atoms with E-state index in [1.807, 2.05) is 12.1 Å². The van der Waals surface area contributed by atoms with E-state index >= 15 is 0 Å². The number of fused-ring (bicyclic) bond motifs is 6. The molecule has 2 unspecified atom stereocenters. The molecule has 0 saturated carbocycles. The van der Waals surface area contributed by atoms with Crippen LogP contribution in [-0.4, -0.2) is 20.2 Å². The van der Waals surface area contributed by atoms with Crippen LogP contribution in [-0.2, 0) is 26.3 Å². The second kappa shape index (κ2) is 7.98. The van der Waals surface area contributed by atoms with Crippen LogP contribution in [0, 0.1) is 0 Å². The molecule has 3 aromatic heterocycles. The highest BCUT2D eigenvalue weighted by Crippen LogP contribution is 2.41. The van der Waals surface area contributed by atoms with E-state index in [9.17, 15) is 18.0 Å². The molecule has 0 aliphatic carbocycles. The second-order valence-corrected chi connectivity index (χ2v) is 9.23. The number of aryl methyl sites for hydroxylation is 1. The predicted molar refractivity (Wildman–Crippen MR) is 125 cm³/mol. The molecule has 5 heterocycles. The second-order valence-electron chi connectivity index (χ2n) is 9.23. The maximum Gasteiger partial charge on any atom is 0.433 e. The van der Waals surface area contributed by atoms with Crippen molar-refractivity contribution in [1.82, 2.24) is 19.4 Å². The largest absolute Gasteiger partial charge is 0.489 e. The van der Waals surface area contributed by atoms with Crippen molar-refractivity contribution in [3.63, 3.8) is 0 Å². The first-order valence-electron chi connectivity index (χ1n) is 11.5. The number of rotatable bonds is 4. The molecule has 2 atom stereocenters. The van der Waals surface area contributed by atoms with Gasteiger partial charge in [0.15, 0.2) is 0 Å². The molecule has 0 spiro atoms. The molecular weight excluding hydrogens is 457 g/mol. The Labute approximate surface area is 199 Å². The Bertz CT molecular complexity index is 1490. The van der Waals surface area contributed by atoms with Crippen LogP contribution in [0.15, 0.2) is 59.7 Å². The third kappa shape index (κ3) is 3.80. The normalized spacial score (nSPS) is 19.2. The van der Waals surface area contributed by atoms with Crippen LogP contribution in [0.4, 0.5) is 13.2 Å². The van der Waals surface area contributed by atoms with Gasteiger partial charge in [0.2, 0.25) is 0 Å². The lowest BCUT2D eigenvalue weighted by atomic mass is 9.99. The molecule has 9 heteroatoms. The minimum atomic E-state index is -4.48. The number of halogens is 3. The van der Waals surface area contributed by atoms with Gasteiger partial charge < -0.3 is 14.6 Å². The lowest BCUT2D eigenvalue weighted by Crippen LogP contribution is -2.32. The predicted octanol–water partition coefficient (Wildman–Crippen LogP) is 4.67. The maximum absolute atomic E-state index is 12.9. The van der Waals surface area contributed by atoms with Crippen molar-refractivity contribution in [2.24, 2.45) is 7.05 Å². The van der Waals surface area contributed by atoms with Crippen molar-refractivity contribution in [1.29, 1.82) is 0 Å². The van der Waals surface area contributed by atoms with Crippen molar-refractivity contribution in [2.75, 3.05) is 0 Å². The van der Waals surface area contributed by atoms with E-state index in [2.05, 4.69) is 28.0 Å². The van der Waals surface area contributed by atoms with Gasteiger partial charge in [-0.2, -0.15) is 13.2 Å². The van der Waals surface area contributed by atoms with Crippen LogP contribution in [0.3, 0.4) is 0 Å². The molecule has 2 aliphatic rings. The van der Waals surface area contributed by atoms with Crippen LogP contribution in [0.1, 0.15) is 41.4 Å². The van der Waals surface area contributed by atoms with Crippen molar-refractivity contribution >= 4 is 10.9 Å². The molecule has 1 N–H and O–H groups in total. The number of nitrogens with zero attached hydrogens (tertiary/aromatic N) is 3. The average molecular weight is 480 g/mol. The van der Waals surface area contributed by atoms with E-state index in [1.54, 1.807) is 16.8 Å². The lowest BCUT2D eigenvalue weighted by molar-refractivity contribution is -0.141. The molecule has 0 amide bonds. The summed E-state index contributed by atoms with van der Waals surface area (Å²) in [7, 11) is 2.09. The monoisotopic (exact) mass is 480 g/mol. The van der Waals surface area contributed by atoms with Gasteiger partial charge >= 0.3 is 6.18 Å². The lowest BCUT2D eigenvalue weighted by Gasteiger charge is -2.23. The van der Waals surface area contributed by atoms with Gasteiger partial charge in [0.1, 0.15) is 18.1 Å². The van der Waals surface area contributed by atoms with Crippen LogP contribution < -0.4 is 15.6 Å². The Morgan fingerprint density at radius 1 is 1.14 bits per heavy atom. The Morgan fingerprint density at radius 3 is 2.74 bits per heavy atom. The van der Waals surface area contributed by atoms with Crippen molar-refractivity contribution in [3.05, 3.63) is 87.7 Å². The molecule has 4 aromatic rings. The molecular formula is C26H23F3N4O2. The van der Waals surface area contributed by atoms with E-state index in [-0.39, 0.29) is 12.2 Å². The first-order valence-corrected chi connectivity index (χ1v) is 11.5. The summed E-state index contributed by atoms with van der Waals surface area (Å²) in [6, 6.07) is 12.3. The molecule has 0 radical (unpaired) electrons. The van der Waals surface area contributed by atoms with Gasteiger partial charge in [0, 0.05) is 60.7 Å². The summed E-state index contributed by atoms with van der Waals surface area (Å²) in [6.45, 7) is 0.00560. The third-order valence-electron chi connectivity index (χ3n) is 7.07. The zero-order chi connectivity index (χ0) is 24.3. The van der Waals surface area contributed by atoms with E-state index in [0.29, 0.717) is 23.4 Å². The standard InChI is InChI=1S/C26H23F3N4O2/c1-32-21-11-17(4-5-19(21)25-20-6-3-16(31-20)10-22(25)32)33-9-8-18(12-24(33)34)35-14-15-2-7-23(30-13-15)26(27,28)29/h2,4-5,7-9,11-13,16,20,31H,3,6,10,14H2,1H3. The summed E-state index contributed by atoms with van der Waals surface area (Å²) >= 11 is 0. The van der Waals surface area contributed by atoms with Crippen LogP contribution >= 0.6 is 0 Å². The molecule has 180 valence electrons. The zero-order valence-electron chi connectivity index (χ0n) is 19.0. The summed E-state index contributed by atoms with van der Waals surface area (Å²) in [5.74, 6) is 0.337. The van der Waals surface area contributed by atoms with Gasteiger partial charge in [-0.1, -0.05) is 12.1 Å². The van der Waals surface area contributed by atoms with Crippen LogP contribution in [0.2, 0.25) is 0 Å². The maximum atomic E-state index is 12.9.